The van der Waals surface area contributed by atoms with Crippen LogP contribution in [0.25, 0.3) is 12.2 Å². The topological polar surface area (TPSA) is 0 Å². The fraction of sp³-hybridized carbons (Fsp3) is 0.158. The van der Waals surface area contributed by atoms with Gasteiger partial charge < -0.3 is 0 Å². The summed E-state index contributed by atoms with van der Waals surface area (Å²) in [6.45, 7) is 4.20. The zero-order chi connectivity index (χ0) is 13.5. The Morgan fingerprint density at radius 3 is 2.42 bits per heavy atom. The van der Waals surface area contributed by atoms with Crippen LogP contribution in [-0.4, -0.2) is 0 Å². The molecule has 2 aromatic rings. The van der Waals surface area contributed by atoms with Crippen LogP contribution in [0.4, 0.5) is 0 Å². The second-order valence-electron chi connectivity index (χ2n) is 4.77. The molecule has 96 valence electrons. The van der Waals surface area contributed by atoms with E-state index in [4.69, 9.17) is 0 Å². The smallest absolute Gasteiger partial charge is 0.00938 e. The first-order chi connectivity index (χ1) is 9.28. The average molecular weight is 248 g/mol. The summed E-state index contributed by atoms with van der Waals surface area (Å²) in [4.78, 5) is 0. The molecule has 0 saturated heterocycles. The molecule has 0 atom stereocenters. The lowest BCUT2D eigenvalue weighted by molar-refractivity contribution is 1.25. The van der Waals surface area contributed by atoms with Gasteiger partial charge in [-0.25, -0.2) is 0 Å². The molecule has 0 unspecified atom stereocenters. The molecular formula is C19H20. The van der Waals surface area contributed by atoms with Crippen molar-refractivity contribution < 1.29 is 0 Å². The van der Waals surface area contributed by atoms with Gasteiger partial charge >= 0.3 is 0 Å². The van der Waals surface area contributed by atoms with Crippen LogP contribution in [0, 0.1) is 6.92 Å². The summed E-state index contributed by atoms with van der Waals surface area (Å²) in [6, 6.07) is 17.1. The molecule has 0 aliphatic heterocycles. The van der Waals surface area contributed by atoms with Crippen LogP contribution in [0.1, 0.15) is 29.2 Å². The van der Waals surface area contributed by atoms with E-state index in [2.05, 4.69) is 80.6 Å². The number of hydrogen-bond donors (Lipinski definition) is 0. The lowest BCUT2D eigenvalue weighted by Gasteiger charge is -2.02. The first kappa shape index (κ1) is 13.4. The van der Waals surface area contributed by atoms with Gasteiger partial charge in [-0.3, -0.25) is 0 Å². The Hall–Kier alpha value is -2.08. The van der Waals surface area contributed by atoms with E-state index in [0.29, 0.717) is 0 Å². The van der Waals surface area contributed by atoms with Crippen LogP contribution in [-0.2, 0) is 6.42 Å². The third kappa shape index (κ3) is 4.26. The van der Waals surface area contributed by atoms with E-state index in [1.165, 1.54) is 22.3 Å². The van der Waals surface area contributed by atoms with Gasteiger partial charge in [-0.15, -0.1) is 0 Å². The summed E-state index contributed by atoms with van der Waals surface area (Å²) in [5.74, 6) is 0. The van der Waals surface area contributed by atoms with Crippen LogP contribution in [0.5, 0.6) is 0 Å². The summed E-state index contributed by atoms with van der Waals surface area (Å²) in [5, 5.41) is 0. The minimum absolute atomic E-state index is 0.973. The van der Waals surface area contributed by atoms with Crippen LogP contribution in [0.2, 0.25) is 0 Å². The molecule has 0 spiro atoms. The summed E-state index contributed by atoms with van der Waals surface area (Å²) < 4.78 is 0. The van der Waals surface area contributed by atoms with Crippen molar-refractivity contribution in [2.45, 2.75) is 20.3 Å². The van der Waals surface area contributed by atoms with Crippen LogP contribution in [0.15, 0.2) is 60.7 Å². The van der Waals surface area contributed by atoms with E-state index in [0.717, 1.165) is 6.42 Å². The van der Waals surface area contributed by atoms with Crippen molar-refractivity contribution in [3.05, 3.63) is 82.9 Å². The molecule has 0 bridgehead atoms. The number of allylic oxidation sites excluding steroid dienone is 2. The maximum Gasteiger partial charge on any atom is -0.00938 e. The monoisotopic (exact) mass is 248 g/mol. The zero-order valence-electron chi connectivity index (χ0n) is 11.6. The van der Waals surface area contributed by atoms with Gasteiger partial charge in [0.15, 0.2) is 0 Å². The maximum absolute atomic E-state index is 2.25. The quantitative estimate of drug-likeness (QED) is 0.690. The molecule has 0 aromatic heterocycles. The molecule has 0 saturated carbocycles. The number of aryl methyl sites for hydroxylation is 1. The predicted octanol–water partition coefficient (Wildman–Crippen LogP) is 5.28. The summed E-state index contributed by atoms with van der Waals surface area (Å²) in [7, 11) is 0. The van der Waals surface area contributed by atoms with E-state index in [1.54, 1.807) is 0 Å². The molecule has 0 N–H and O–H groups in total. The molecular weight excluding hydrogens is 228 g/mol. The molecule has 0 heterocycles. The van der Waals surface area contributed by atoms with Gasteiger partial charge in [0.2, 0.25) is 0 Å². The molecule has 0 fully saturated rings. The Morgan fingerprint density at radius 2 is 1.68 bits per heavy atom. The Bertz CT molecular complexity index is 574. The van der Waals surface area contributed by atoms with Crippen molar-refractivity contribution in [3.63, 3.8) is 0 Å². The lowest BCUT2D eigenvalue weighted by Crippen LogP contribution is -1.85. The highest BCUT2D eigenvalue weighted by Gasteiger charge is 1.95. The molecule has 2 aromatic carbocycles. The fourth-order valence-electron chi connectivity index (χ4n) is 2.20. The number of benzene rings is 2. The lowest BCUT2D eigenvalue weighted by atomic mass is 10.0. The highest BCUT2D eigenvalue weighted by Crippen LogP contribution is 2.13. The summed E-state index contributed by atoms with van der Waals surface area (Å²) >= 11 is 0. The van der Waals surface area contributed by atoms with Crippen LogP contribution < -0.4 is 0 Å². The third-order valence-electron chi connectivity index (χ3n) is 2.98. The van der Waals surface area contributed by atoms with Crippen molar-refractivity contribution in [2.75, 3.05) is 0 Å². The normalized spacial score (nSPS) is 11.5. The number of hydrogen-bond acceptors (Lipinski definition) is 0. The molecule has 0 heteroatoms. The van der Waals surface area contributed by atoms with Gasteiger partial charge in [-0.1, -0.05) is 78.4 Å². The highest BCUT2D eigenvalue weighted by molar-refractivity contribution is 5.53. The largest absolute Gasteiger partial charge is 0.0871 e. The Balaban J connectivity index is 2.09. The standard InChI is InChI=1S/C19H20/c1-3-8-18-13-16(2)14-19(15-18)12-7-11-17-9-5-4-6-10-17/h3-11,13-15H,12H2,1-2H3/b8-3+,11-7+. The Morgan fingerprint density at radius 1 is 0.895 bits per heavy atom. The number of rotatable bonds is 4. The molecule has 0 amide bonds. The van der Waals surface area contributed by atoms with Gasteiger partial charge in [0, 0.05) is 0 Å². The van der Waals surface area contributed by atoms with E-state index in [-0.39, 0.29) is 0 Å². The van der Waals surface area contributed by atoms with E-state index in [9.17, 15) is 0 Å². The van der Waals surface area contributed by atoms with Gasteiger partial charge in [-0.05, 0) is 37.0 Å². The molecule has 0 aliphatic rings. The fourth-order valence-corrected chi connectivity index (χ4v) is 2.20. The zero-order valence-corrected chi connectivity index (χ0v) is 11.6. The Kier molecular flexibility index (Phi) is 4.74. The third-order valence-corrected chi connectivity index (χ3v) is 2.98. The maximum atomic E-state index is 2.25. The summed E-state index contributed by atoms with van der Waals surface area (Å²) in [5.41, 5.74) is 5.22. The van der Waals surface area contributed by atoms with Crippen molar-refractivity contribution in [2.24, 2.45) is 0 Å². The first-order valence-corrected chi connectivity index (χ1v) is 6.73. The first-order valence-electron chi connectivity index (χ1n) is 6.73. The minimum Gasteiger partial charge on any atom is -0.0871 e. The molecule has 0 aliphatic carbocycles. The Labute approximate surface area is 116 Å². The van der Waals surface area contributed by atoms with Crippen molar-refractivity contribution in [1.29, 1.82) is 0 Å². The van der Waals surface area contributed by atoms with Gasteiger partial charge in [-0.2, -0.15) is 0 Å². The molecule has 2 rings (SSSR count). The van der Waals surface area contributed by atoms with Crippen LogP contribution in [0.3, 0.4) is 0 Å². The minimum atomic E-state index is 0.973. The van der Waals surface area contributed by atoms with E-state index < -0.39 is 0 Å². The van der Waals surface area contributed by atoms with Gasteiger partial charge in [0.25, 0.3) is 0 Å². The second kappa shape index (κ2) is 6.75. The summed E-state index contributed by atoms with van der Waals surface area (Å²) in [6.07, 6.45) is 9.61. The van der Waals surface area contributed by atoms with E-state index in [1.807, 2.05) is 6.07 Å². The van der Waals surface area contributed by atoms with Crippen molar-refractivity contribution in [1.82, 2.24) is 0 Å². The second-order valence-corrected chi connectivity index (χ2v) is 4.77. The van der Waals surface area contributed by atoms with Crippen molar-refractivity contribution >= 4 is 12.2 Å². The molecule has 0 nitrogen and oxygen atoms in total. The van der Waals surface area contributed by atoms with Crippen molar-refractivity contribution in [3.8, 4) is 0 Å². The SMILES string of the molecule is C/C=C/c1cc(C)cc(C/C=C/c2ccccc2)c1. The highest BCUT2D eigenvalue weighted by atomic mass is 14.0. The predicted molar refractivity (Wildman–Crippen MR) is 85.1 cm³/mol. The van der Waals surface area contributed by atoms with Gasteiger partial charge in [0.05, 0.1) is 0 Å². The van der Waals surface area contributed by atoms with Gasteiger partial charge in [0.1, 0.15) is 0 Å². The average Bonchev–Trinajstić information content (AvgIpc) is 2.40. The van der Waals surface area contributed by atoms with E-state index >= 15 is 0 Å². The molecule has 19 heavy (non-hydrogen) atoms. The molecule has 0 radical (unpaired) electrons. The van der Waals surface area contributed by atoms with Crippen LogP contribution >= 0.6 is 0 Å².